The molecule has 0 saturated heterocycles. The van der Waals surface area contributed by atoms with Crippen LogP contribution in [0.25, 0.3) is 0 Å². The van der Waals surface area contributed by atoms with Gasteiger partial charge >= 0.3 is 5.97 Å². The average molecular weight is 226 g/mol. The summed E-state index contributed by atoms with van der Waals surface area (Å²) in [7, 11) is 3.88. The first-order valence-electron chi connectivity index (χ1n) is 4.92. The molecule has 0 aromatic heterocycles. The maximum atomic E-state index is 13.1. The van der Waals surface area contributed by atoms with Gasteiger partial charge in [-0.2, -0.15) is 0 Å². The minimum absolute atomic E-state index is 0.310. The molecule has 0 spiro atoms. The van der Waals surface area contributed by atoms with Crippen LogP contribution in [0.15, 0.2) is 18.2 Å². The van der Waals surface area contributed by atoms with Crippen molar-refractivity contribution in [3.8, 4) is 0 Å². The van der Waals surface area contributed by atoms with E-state index in [9.17, 15) is 9.18 Å². The molecule has 1 rings (SSSR count). The number of carboxylic acid groups (broad SMARTS) is 1. The Morgan fingerprint density at radius 2 is 2.19 bits per heavy atom. The lowest BCUT2D eigenvalue weighted by molar-refractivity contribution is 0.0692. The minimum Gasteiger partial charge on any atom is -0.478 e. The smallest absolute Gasteiger partial charge is 0.338 e. The van der Waals surface area contributed by atoms with Gasteiger partial charge in [0, 0.05) is 18.8 Å². The third-order valence-corrected chi connectivity index (χ3v) is 2.08. The molecule has 0 fully saturated rings. The van der Waals surface area contributed by atoms with E-state index >= 15 is 0 Å². The molecule has 0 unspecified atom stereocenters. The summed E-state index contributed by atoms with van der Waals surface area (Å²) < 4.78 is 13.1. The van der Waals surface area contributed by atoms with Crippen molar-refractivity contribution in [2.75, 3.05) is 32.5 Å². The molecule has 0 bridgehead atoms. The zero-order valence-corrected chi connectivity index (χ0v) is 9.33. The monoisotopic (exact) mass is 226 g/mol. The van der Waals surface area contributed by atoms with Crippen LogP contribution in [0.1, 0.15) is 10.4 Å². The molecule has 0 aliphatic heterocycles. The van der Waals surface area contributed by atoms with Crippen LogP contribution in [0.5, 0.6) is 0 Å². The number of benzene rings is 1. The van der Waals surface area contributed by atoms with Crippen LogP contribution in [-0.2, 0) is 0 Å². The van der Waals surface area contributed by atoms with Crippen molar-refractivity contribution >= 4 is 11.7 Å². The van der Waals surface area contributed by atoms with E-state index in [1.807, 2.05) is 19.0 Å². The van der Waals surface area contributed by atoms with Crippen LogP contribution < -0.4 is 5.32 Å². The second-order valence-electron chi connectivity index (χ2n) is 3.73. The molecule has 0 atom stereocenters. The van der Waals surface area contributed by atoms with Gasteiger partial charge in [-0.3, -0.25) is 0 Å². The highest BCUT2D eigenvalue weighted by molar-refractivity contribution is 5.89. The molecule has 0 aliphatic rings. The van der Waals surface area contributed by atoms with Crippen LogP contribution >= 0.6 is 0 Å². The Bertz CT molecular complexity index is 380. The van der Waals surface area contributed by atoms with Crippen molar-refractivity contribution in [3.63, 3.8) is 0 Å². The van der Waals surface area contributed by atoms with Crippen molar-refractivity contribution < 1.29 is 14.3 Å². The largest absolute Gasteiger partial charge is 0.478 e. The van der Waals surface area contributed by atoms with Crippen molar-refractivity contribution in [1.82, 2.24) is 4.90 Å². The number of rotatable bonds is 5. The number of carbonyl (C=O) groups is 1. The molecule has 88 valence electrons. The summed E-state index contributed by atoms with van der Waals surface area (Å²) in [4.78, 5) is 12.7. The molecular weight excluding hydrogens is 211 g/mol. The van der Waals surface area contributed by atoms with Gasteiger partial charge in [0.25, 0.3) is 0 Å². The molecule has 2 N–H and O–H groups in total. The number of aromatic carboxylic acids is 1. The van der Waals surface area contributed by atoms with Gasteiger partial charge in [-0.1, -0.05) is 0 Å². The molecule has 1 aromatic rings. The molecule has 5 heteroatoms. The van der Waals surface area contributed by atoms with Crippen molar-refractivity contribution in [3.05, 3.63) is 29.6 Å². The summed E-state index contributed by atoms with van der Waals surface area (Å²) in [5.41, 5.74) is 0.301. The van der Waals surface area contributed by atoms with Gasteiger partial charge in [-0.05, 0) is 32.3 Å². The number of hydrogen-bond acceptors (Lipinski definition) is 3. The molecular formula is C11H15FN2O2. The SMILES string of the molecule is CN(C)CCNc1ccc(F)c(C(=O)O)c1. The lowest BCUT2D eigenvalue weighted by Crippen LogP contribution is -2.20. The Balaban J connectivity index is 2.68. The lowest BCUT2D eigenvalue weighted by atomic mass is 10.2. The first-order valence-corrected chi connectivity index (χ1v) is 4.92. The van der Waals surface area contributed by atoms with Crippen LogP contribution in [0.3, 0.4) is 0 Å². The predicted octanol–water partition coefficient (Wildman–Crippen LogP) is 1.50. The van der Waals surface area contributed by atoms with Gasteiger partial charge in [-0.25, -0.2) is 9.18 Å². The summed E-state index contributed by atoms with van der Waals surface area (Å²) in [5, 5.41) is 11.8. The van der Waals surface area contributed by atoms with E-state index in [-0.39, 0.29) is 5.56 Å². The zero-order valence-electron chi connectivity index (χ0n) is 9.33. The topological polar surface area (TPSA) is 52.6 Å². The van der Waals surface area contributed by atoms with Crippen LogP contribution in [0, 0.1) is 5.82 Å². The van der Waals surface area contributed by atoms with E-state index < -0.39 is 11.8 Å². The number of nitrogens with zero attached hydrogens (tertiary/aromatic N) is 1. The molecule has 0 heterocycles. The summed E-state index contributed by atoms with van der Waals surface area (Å²) in [6, 6.07) is 3.98. The standard InChI is InChI=1S/C11H15FN2O2/c1-14(2)6-5-13-8-3-4-10(12)9(7-8)11(15)16/h3-4,7,13H,5-6H2,1-2H3,(H,15,16). The summed E-state index contributed by atoms with van der Waals surface area (Å²) >= 11 is 0. The number of nitrogens with one attached hydrogen (secondary N) is 1. The Kier molecular flexibility index (Phi) is 4.25. The maximum absolute atomic E-state index is 13.1. The Morgan fingerprint density at radius 3 is 2.75 bits per heavy atom. The highest BCUT2D eigenvalue weighted by atomic mass is 19.1. The van der Waals surface area contributed by atoms with Gasteiger partial charge in [0.1, 0.15) is 5.82 Å². The van der Waals surface area contributed by atoms with Crippen molar-refractivity contribution in [1.29, 1.82) is 0 Å². The fraction of sp³-hybridized carbons (Fsp3) is 0.364. The maximum Gasteiger partial charge on any atom is 0.338 e. The lowest BCUT2D eigenvalue weighted by Gasteiger charge is -2.11. The first-order chi connectivity index (χ1) is 7.50. The van der Waals surface area contributed by atoms with E-state index in [1.54, 1.807) is 0 Å². The number of carboxylic acids is 1. The van der Waals surface area contributed by atoms with Gasteiger partial charge in [-0.15, -0.1) is 0 Å². The third-order valence-electron chi connectivity index (χ3n) is 2.08. The highest BCUT2D eigenvalue weighted by Crippen LogP contribution is 2.14. The van der Waals surface area contributed by atoms with Crippen molar-refractivity contribution in [2.24, 2.45) is 0 Å². The van der Waals surface area contributed by atoms with Gasteiger partial charge in [0.15, 0.2) is 0 Å². The molecule has 16 heavy (non-hydrogen) atoms. The average Bonchev–Trinajstić information content (AvgIpc) is 2.19. The van der Waals surface area contributed by atoms with E-state index in [4.69, 9.17) is 5.11 Å². The number of likely N-dealkylation sites (N-methyl/N-ethyl adjacent to an activating group) is 1. The van der Waals surface area contributed by atoms with Gasteiger partial charge < -0.3 is 15.3 Å². The van der Waals surface area contributed by atoms with E-state index in [0.717, 1.165) is 12.6 Å². The molecule has 4 nitrogen and oxygen atoms in total. The number of anilines is 1. The molecule has 0 saturated carbocycles. The summed E-state index contributed by atoms with van der Waals surface area (Å²) in [6.45, 7) is 1.50. The number of hydrogen-bond donors (Lipinski definition) is 2. The normalized spacial score (nSPS) is 10.5. The van der Waals surface area contributed by atoms with Crippen molar-refractivity contribution in [2.45, 2.75) is 0 Å². The number of halogens is 1. The van der Waals surface area contributed by atoms with Crippen LogP contribution in [-0.4, -0.2) is 43.2 Å². The predicted molar refractivity (Wildman–Crippen MR) is 60.4 cm³/mol. The third kappa shape index (κ3) is 3.51. The molecule has 0 amide bonds. The van der Waals surface area contributed by atoms with E-state index in [0.29, 0.717) is 12.2 Å². The molecule has 0 aliphatic carbocycles. The summed E-state index contributed by atoms with van der Waals surface area (Å²) in [6.07, 6.45) is 0. The second-order valence-corrected chi connectivity index (χ2v) is 3.73. The molecule has 0 radical (unpaired) electrons. The zero-order chi connectivity index (χ0) is 12.1. The quantitative estimate of drug-likeness (QED) is 0.798. The Labute approximate surface area is 93.7 Å². The minimum atomic E-state index is -1.26. The van der Waals surface area contributed by atoms with E-state index in [2.05, 4.69) is 5.32 Å². The fourth-order valence-corrected chi connectivity index (χ4v) is 1.22. The Morgan fingerprint density at radius 1 is 1.50 bits per heavy atom. The first kappa shape index (κ1) is 12.4. The van der Waals surface area contributed by atoms with E-state index in [1.165, 1.54) is 12.1 Å². The fourth-order valence-electron chi connectivity index (χ4n) is 1.22. The highest BCUT2D eigenvalue weighted by Gasteiger charge is 2.10. The van der Waals surface area contributed by atoms with Gasteiger partial charge in [0.2, 0.25) is 0 Å². The Hall–Kier alpha value is -1.62. The van der Waals surface area contributed by atoms with Crippen LogP contribution in [0.4, 0.5) is 10.1 Å². The second kappa shape index (κ2) is 5.46. The molecule has 1 aromatic carbocycles. The van der Waals surface area contributed by atoms with Crippen LogP contribution in [0.2, 0.25) is 0 Å². The summed E-state index contributed by atoms with van der Waals surface area (Å²) in [5.74, 6) is -1.97. The van der Waals surface area contributed by atoms with Gasteiger partial charge in [0.05, 0.1) is 5.56 Å².